The Morgan fingerprint density at radius 2 is 2.22 bits per heavy atom. The number of nitrogens with zero attached hydrogens (tertiary/aromatic N) is 3. The largest absolute Gasteiger partial charge is 0.395 e. The van der Waals surface area contributed by atoms with E-state index in [-0.39, 0.29) is 6.61 Å². The maximum absolute atomic E-state index is 8.89. The highest BCUT2D eigenvalue weighted by atomic mass is 35.5. The van der Waals surface area contributed by atoms with Crippen molar-refractivity contribution >= 4 is 17.4 Å². The summed E-state index contributed by atoms with van der Waals surface area (Å²) in [5.74, 6) is 1.45. The summed E-state index contributed by atoms with van der Waals surface area (Å²) in [4.78, 5) is 10.6. The molecule has 2 N–H and O–H groups in total. The number of aliphatic hydroxyl groups excluding tert-OH is 1. The number of β-amino-alcohol motifs (C(OH)–C–C–N with tert-alkyl or cyclic N) is 1. The second-order valence-corrected chi connectivity index (χ2v) is 5.00. The van der Waals surface area contributed by atoms with Gasteiger partial charge in [0.1, 0.15) is 16.7 Å². The molecular formula is C12H19ClN4O. The van der Waals surface area contributed by atoms with Gasteiger partial charge in [-0.1, -0.05) is 11.6 Å². The van der Waals surface area contributed by atoms with Crippen molar-refractivity contribution in [3.8, 4) is 0 Å². The first kappa shape index (κ1) is 13.5. The number of halogens is 1. The van der Waals surface area contributed by atoms with Crippen molar-refractivity contribution in [3.05, 3.63) is 17.0 Å². The van der Waals surface area contributed by atoms with Crippen LogP contribution >= 0.6 is 11.6 Å². The number of aromatic nitrogens is 2. The van der Waals surface area contributed by atoms with Crippen LogP contribution in [0.2, 0.25) is 5.02 Å². The van der Waals surface area contributed by atoms with Crippen molar-refractivity contribution < 1.29 is 5.11 Å². The van der Waals surface area contributed by atoms with E-state index >= 15 is 0 Å². The molecule has 0 aliphatic carbocycles. The predicted molar refractivity (Wildman–Crippen MR) is 71.9 cm³/mol. The second-order valence-electron chi connectivity index (χ2n) is 4.60. The summed E-state index contributed by atoms with van der Waals surface area (Å²) >= 11 is 6.06. The molecule has 1 aliphatic rings. The van der Waals surface area contributed by atoms with Crippen LogP contribution in [0, 0.1) is 6.92 Å². The molecule has 0 aromatic carbocycles. The summed E-state index contributed by atoms with van der Waals surface area (Å²) in [6.45, 7) is 4.85. The van der Waals surface area contributed by atoms with Crippen LogP contribution in [0.15, 0.2) is 6.20 Å². The first-order valence-corrected chi connectivity index (χ1v) is 6.65. The highest BCUT2D eigenvalue weighted by Gasteiger charge is 2.19. The first-order chi connectivity index (χ1) is 8.69. The zero-order valence-electron chi connectivity index (χ0n) is 10.6. The molecule has 100 valence electrons. The van der Waals surface area contributed by atoms with E-state index in [4.69, 9.17) is 16.7 Å². The molecule has 1 aliphatic heterocycles. The van der Waals surface area contributed by atoms with E-state index in [1.807, 2.05) is 6.92 Å². The molecule has 1 fully saturated rings. The van der Waals surface area contributed by atoms with Gasteiger partial charge in [0.05, 0.1) is 12.8 Å². The predicted octanol–water partition coefficient (Wildman–Crippen LogP) is 1.31. The Morgan fingerprint density at radius 3 is 2.89 bits per heavy atom. The summed E-state index contributed by atoms with van der Waals surface area (Å²) < 4.78 is 0. The lowest BCUT2D eigenvalue weighted by molar-refractivity contribution is 0.168. The van der Waals surface area contributed by atoms with Crippen LogP contribution < -0.4 is 5.32 Å². The van der Waals surface area contributed by atoms with Gasteiger partial charge in [-0.3, -0.25) is 0 Å². The van der Waals surface area contributed by atoms with Gasteiger partial charge in [0, 0.05) is 25.7 Å². The Hall–Kier alpha value is -0.910. The Labute approximate surface area is 112 Å². The molecule has 2 heterocycles. The van der Waals surface area contributed by atoms with Crippen molar-refractivity contribution in [2.45, 2.75) is 25.8 Å². The fourth-order valence-corrected chi connectivity index (χ4v) is 2.34. The number of hydrogen-bond donors (Lipinski definition) is 2. The molecule has 0 spiro atoms. The van der Waals surface area contributed by atoms with Crippen LogP contribution in [0.5, 0.6) is 0 Å². The van der Waals surface area contributed by atoms with Crippen molar-refractivity contribution in [2.75, 3.05) is 31.6 Å². The summed E-state index contributed by atoms with van der Waals surface area (Å²) in [7, 11) is 0. The van der Waals surface area contributed by atoms with Gasteiger partial charge in [-0.25, -0.2) is 9.97 Å². The summed E-state index contributed by atoms with van der Waals surface area (Å²) in [5.41, 5.74) is 0. The first-order valence-electron chi connectivity index (χ1n) is 6.28. The number of hydrogen-bond acceptors (Lipinski definition) is 5. The maximum Gasteiger partial charge on any atom is 0.148 e. The van der Waals surface area contributed by atoms with Crippen LogP contribution in [-0.2, 0) is 0 Å². The van der Waals surface area contributed by atoms with E-state index in [0.717, 1.165) is 44.1 Å². The van der Waals surface area contributed by atoms with E-state index in [1.54, 1.807) is 6.20 Å². The Morgan fingerprint density at radius 1 is 1.50 bits per heavy atom. The number of aryl methyl sites for hydroxylation is 1. The van der Waals surface area contributed by atoms with E-state index in [2.05, 4.69) is 20.2 Å². The molecule has 1 aromatic heterocycles. The molecule has 0 atom stereocenters. The number of likely N-dealkylation sites (tertiary alicyclic amines) is 1. The van der Waals surface area contributed by atoms with Gasteiger partial charge < -0.3 is 15.3 Å². The van der Waals surface area contributed by atoms with Gasteiger partial charge >= 0.3 is 0 Å². The highest BCUT2D eigenvalue weighted by molar-refractivity contribution is 6.32. The molecule has 6 heteroatoms. The molecule has 0 radical (unpaired) electrons. The second kappa shape index (κ2) is 6.31. The molecule has 1 saturated heterocycles. The van der Waals surface area contributed by atoms with Gasteiger partial charge in [0.15, 0.2) is 0 Å². The van der Waals surface area contributed by atoms with Gasteiger partial charge in [0.25, 0.3) is 0 Å². The van der Waals surface area contributed by atoms with Crippen molar-refractivity contribution in [1.82, 2.24) is 14.9 Å². The SMILES string of the molecule is Cc1ncc(Cl)c(NC2CCN(CCO)CC2)n1. The fraction of sp³-hybridized carbons (Fsp3) is 0.667. The van der Waals surface area contributed by atoms with Crippen molar-refractivity contribution in [1.29, 1.82) is 0 Å². The zero-order chi connectivity index (χ0) is 13.0. The average molecular weight is 271 g/mol. The topological polar surface area (TPSA) is 61.3 Å². The summed E-state index contributed by atoms with van der Waals surface area (Å²) in [5, 5.41) is 12.8. The minimum Gasteiger partial charge on any atom is -0.395 e. The average Bonchev–Trinajstić information content (AvgIpc) is 2.37. The van der Waals surface area contributed by atoms with Crippen LogP contribution in [0.4, 0.5) is 5.82 Å². The lowest BCUT2D eigenvalue weighted by Gasteiger charge is -2.32. The minimum absolute atomic E-state index is 0.231. The molecule has 0 amide bonds. The molecule has 0 saturated carbocycles. The number of rotatable bonds is 4. The van der Waals surface area contributed by atoms with E-state index in [0.29, 0.717) is 11.1 Å². The lowest BCUT2D eigenvalue weighted by atomic mass is 10.1. The third-order valence-electron chi connectivity index (χ3n) is 3.21. The Kier molecular flexibility index (Phi) is 4.74. The van der Waals surface area contributed by atoms with Crippen molar-refractivity contribution in [3.63, 3.8) is 0 Å². The zero-order valence-corrected chi connectivity index (χ0v) is 11.3. The fourth-order valence-electron chi connectivity index (χ4n) is 2.19. The molecule has 0 unspecified atom stereocenters. The lowest BCUT2D eigenvalue weighted by Crippen LogP contribution is -2.40. The quantitative estimate of drug-likeness (QED) is 0.864. The van der Waals surface area contributed by atoms with E-state index in [9.17, 15) is 0 Å². The number of piperidine rings is 1. The van der Waals surface area contributed by atoms with Crippen LogP contribution in [-0.4, -0.2) is 52.3 Å². The van der Waals surface area contributed by atoms with Crippen LogP contribution in [0.1, 0.15) is 18.7 Å². The third-order valence-corrected chi connectivity index (χ3v) is 3.49. The van der Waals surface area contributed by atoms with E-state index in [1.165, 1.54) is 0 Å². The number of nitrogens with one attached hydrogen (secondary N) is 1. The molecule has 2 rings (SSSR count). The third kappa shape index (κ3) is 3.54. The van der Waals surface area contributed by atoms with Crippen LogP contribution in [0.25, 0.3) is 0 Å². The van der Waals surface area contributed by atoms with E-state index < -0.39 is 0 Å². The molecule has 0 bridgehead atoms. The monoisotopic (exact) mass is 270 g/mol. The summed E-state index contributed by atoms with van der Waals surface area (Å²) in [6.07, 6.45) is 3.71. The Balaban J connectivity index is 1.89. The molecule has 1 aromatic rings. The normalized spacial score (nSPS) is 17.9. The summed E-state index contributed by atoms with van der Waals surface area (Å²) in [6, 6.07) is 0.395. The molecule has 5 nitrogen and oxygen atoms in total. The van der Waals surface area contributed by atoms with Gasteiger partial charge in [-0.15, -0.1) is 0 Å². The maximum atomic E-state index is 8.89. The number of anilines is 1. The van der Waals surface area contributed by atoms with Gasteiger partial charge in [0.2, 0.25) is 0 Å². The molecule has 18 heavy (non-hydrogen) atoms. The Bertz CT molecular complexity index is 394. The standard InChI is InChI=1S/C12H19ClN4O/c1-9-14-8-11(13)12(15-9)16-10-2-4-17(5-3-10)6-7-18/h8,10,18H,2-7H2,1H3,(H,14,15,16). The minimum atomic E-state index is 0.231. The van der Waals surface area contributed by atoms with Gasteiger partial charge in [-0.05, 0) is 19.8 Å². The van der Waals surface area contributed by atoms with Crippen LogP contribution in [0.3, 0.4) is 0 Å². The molecular weight excluding hydrogens is 252 g/mol. The highest BCUT2D eigenvalue weighted by Crippen LogP contribution is 2.21. The van der Waals surface area contributed by atoms with Crippen molar-refractivity contribution in [2.24, 2.45) is 0 Å². The smallest absolute Gasteiger partial charge is 0.148 e. The van der Waals surface area contributed by atoms with Gasteiger partial charge in [-0.2, -0.15) is 0 Å². The number of aliphatic hydroxyl groups is 1.